The van der Waals surface area contributed by atoms with E-state index in [1.54, 1.807) is 0 Å². The normalized spacial score (nSPS) is 8.00. The van der Waals surface area contributed by atoms with Gasteiger partial charge in [0.15, 0.2) is 5.78 Å². The predicted octanol–water partition coefficient (Wildman–Crippen LogP) is -1.81. The van der Waals surface area contributed by atoms with Gasteiger partial charge >= 0.3 is 19.5 Å². The molecule has 0 aromatic heterocycles. The van der Waals surface area contributed by atoms with Gasteiger partial charge in [0.2, 0.25) is 0 Å². The zero-order chi connectivity index (χ0) is 5.86. The third-order valence-electron chi connectivity index (χ3n) is 0.407. The van der Waals surface area contributed by atoms with Crippen molar-refractivity contribution in [1.29, 1.82) is 0 Å². The van der Waals surface area contributed by atoms with Crippen LogP contribution in [0.4, 0.5) is 0 Å². The van der Waals surface area contributed by atoms with Crippen LogP contribution < -0.4 is 5.11 Å². The van der Waals surface area contributed by atoms with Crippen molar-refractivity contribution in [2.24, 2.45) is 0 Å². The summed E-state index contributed by atoms with van der Waals surface area (Å²) in [5.74, 6) is -0.375. The maximum atomic E-state index is 9.98. The molecule has 0 aromatic rings. The van der Waals surface area contributed by atoms with E-state index in [4.69, 9.17) is 0 Å². The van der Waals surface area contributed by atoms with Crippen molar-refractivity contribution in [3.05, 3.63) is 11.8 Å². The van der Waals surface area contributed by atoms with Gasteiger partial charge < -0.3 is 16.1 Å². The summed E-state index contributed by atoms with van der Waals surface area (Å²) in [6.07, 6.45) is 1.06. The number of rotatable bonds is 1. The van der Waals surface area contributed by atoms with E-state index in [1.807, 2.05) is 0 Å². The number of carbonyl (C=O) groups excluding carboxylic acids is 1. The van der Waals surface area contributed by atoms with Gasteiger partial charge in [-0.1, -0.05) is 6.92 Å². The van der Waals surface area contributed by atoms with Crippen molar-refractivity contribution in [2.45, 2.75) is 13.8 Å². The zero-order valence-electron chi connectivity index (χ0n) is 6.10. The molecule has 0 amide bonds. The Morgan fingerprint density at radius 1 is 1.30 bits per heavy atom. The van der Waals surface area contributed by atoms with Crippen molar-refractivity contribution in [3.8, 4) is 0 Å². The average Bonchev–Trinajstić information content (AvgIpc) is 1.27. The summed E-state index contributed by atoms with van der Waals surface area (Å²) in [6, 6.07) is 0. The Hall–Kier alpha value is -0.247. The molecule has 0 aromatic carbocycles. The fourth-order valence-electron chi connectivity index (χ4n) is 0.286. The van der Waals surface area contributed by atoms with E-state index in [2.05, 4.69) is 0 Å². The summed E-state index contributed by atoms with van der Waals surface area (Å²) in [5.41, 5.74) is 0. The Labute approximate surface area is 72.3 Å². The summed E-state index contributed by atoms with van der Waals surface area (Å²) in [7, 11) is 0. The Kier molecular flexibility index (Phi) is 26.0. The van der Waals surface area contributed by atoms with Gasteiger partial charge in [-0.3, -0.25) is 4.79 Å². The van der Waals surface area contributed by atoms with Crippen LogP contribution in [0.2, 0.25) is 0 Å². The maximum absolute atomic E-state index is 9.98. The molecule has 0 spiro atoms. The molecular formula is C5H11O4Zn+. The molecule has 0 aliphatic rings. The summed E-state index contributed by atoms with van der Waals surface area (Å²) < 4.78 is 0. The standard InChI is InChI=1S/C5H8O2.2H2O.Zn/c1-4(6)3-5(2)7;;;/h3,6H,1-2H3;2*1H2;/q;;;+2/p-1/b4-3-;;;. The van der Waals surface area contributed by atoms with Crippen LogP contribution in [0.1, 0.15) is 13.8 Å². The van der Waals surface area contributed by atoms with Crippen molar-refractivity contribution in [1.82, 2.24) is 0 Å². The van der Waals surface area contributed by atoms with Gasteiger partial charge in [-0.05, 0) is 13.0 Å². The van der Waals surface area contributed by atoms with Crippen molar-refractivity contribution < 1.29 is 40.3 Å². The first-order valence-electron chi connectivity index (χ1n) is 1.99. The fourth-order valence-corrected chi connectivity index (χ4v) is 0.286. The fraction of sp³-hybridized carbons (Fsp3) is 0.400. The van der Waals surface area contributed by atoms with Crippen LogP contribution in [0.3, 0.4) is 0 Å². The summed E-state index contributed by atoms with van der Waals surface area (Å²) in [4.78, 5) is 9.98. The molecule has 0 aliphatic heterocycles. The van der Waals surface area contributed by atoms with Crippen molar-refractivity contribution in [2.75, 3.05) is 0 Å². The van der Waals surface area contributed by atoms with E-state index >= 15 is 0 Å². The Morgan fingerprint density at radius 2 is 1.60 bits per heavy atom. The minimum atomic E-state index is -0.187. The molecule has 0 saturated heterocycles. The molecule has 0 atom stereocenters. The molecule has 0 heterocycles. The van der Waals surface area contributed by atoms with Crippen LogP contribution in [-0.2, 0) is 24.3 Å². The second-order valence-electron chi connectivity index (χ2n) is 1.37. The number of carbonyl (C=O) groups is 1. The summed E-state index contributed by atoms with van der Waals surface area (Å²) in [5, 5.41) is 9.98. The molecule has 0 rings (SSSR count). The molecular weight excluding hydrogens is 189 g/mol. The van der Waals surface area contributed by atoms with Crippen LogP contribution in [-0.4, -0.2) is 16.7 Å². The van der Waals surface area contributed by atoms with Crippen molar-refractivity contribution >= 4 is 5.78 Å². The predicted molar refractivity (Wildman–Crippen MR) is 31.7 cm³/mol. The van der Waals surface area contributed by atoms with Crippen molar-refractivity contribution in [3.63, 3.8) is 0 Å². The SMILES string of the molecule is CC(=O)/C=C(/C)[O-].O.O.[Zn+2]. The van der Waals surface area contributed by atoms with Gasteiger partial charge in [0, 0.05) is 0 Å². The van der Waals surface area contributed by atoms with Gasteiger partial charge in [-0.2, -0.15) is 0 Å². The van der Waals surface area contributed by atoms with Crippen LogP contribution in [0, 0.1) is 0 Å². The Bertz CT molecular complexity index is 106. The van der Waals surface area contributed by atoms with Gasteiger partial charge in [0.25, 0.3) is 0 Å². The van der Waals surface area contributed by atoms with E-state index in [1.165, 1.54) is 13.8 Å². The first-order valence-corrected chi connectivity index (χ1v) is 1.99. The first kappa shape index (κ1) is 22.6. The molecule has 0 fully saturated rings. The molecule has 0 unspecified atom stereocenters. The monoisotopic (exact) mass is 199 g/mol. The Morgan fingerprint density at radius 3 is 1.60 bits per heavy atom. The molecule has 4 N–H and O–H groups in total. The topological polar surface area (TPSA) is 103 Å². The van der Waals surface area contributed by atoms with Gasteiger partial charge in [0.1, 0.15) is 0 Å². The third kappa shape index (κ3) is 25.1. The van der Waals surface area contributed by atoms with Crippen LogP contribution >= 0.6 is 0 Å². The maximum Gasteiger partial charge on any atom is 2.00 e. The largest absolute Gasteiger partial charge is 2.00 e. The van der Waals surface area contributed by atoms with Crippen LogP contribution in [0.15, 0.2) is 11.8 Å². The van der Waals surface area contributed by atoms with Crippen LogP contribution in [0.25, 0.3) is 0 Å². The first-order chi connectivity index (χ1) is 3.13. The quantitative estimate of drug-likeness (QED) is 0.283. The smallest absolute Gasteiger partial charge is 0.876 e. The number of hydrogen-bond acceptors (Lipinski definition) is 2. The summed E-state index contributed by atoms with van der Waals surface area (Å²) >= 11 is 0. The Balaban J connectivity index is -0.0000000600. The molecule has 5 heteroatoms. The average molecular weight is 201 g/mol. The minimum Gasteiger partial charge on any atom is -0.876 e. The summed E-state index contributed by atoms with van der Waals surface area (Å²) in [6.45, 7) is 2.70. The minimum absolute atomic E-state index is 0. The third-order valence-corrected chi connectivity index (χ3v) is 0.407. The number of allylic oxidation sites excluding steroid dienone is 2. The van der Waals surface area contributed by atoms with E-state index in [-0.39, 0.29) is 42.0 Å². The molecule has 0 bridgehead atoms. The van der Waals surface area contributed by atoms with E-state index in [0.29, 0.717) is 0 Å². The van der Waals surface area contributed by atoms with Gasteiger partial charge in [-0.25, -0.2) is 0 Å². The number of ketones is 1. The molecule has 0 radical (unpaired) electrons. The molecule has 56 valence electrons. The number of hydrogen-bond donors (Lipinski definition) is 0. The molecule has 10 heavy (non-hydrogen) atoms. The van der Waals surface area contributed by atoms with E-state index < -0.39 is 0 Å². The molecule has 4 nitrogen and oxygen atoms in total. The van der Waals surface area contributed by atoms with Gasteiger partial charge in [0.05, 0.1) is 0 Å². The van der Waals surface area contributed by atoms with Crippen LogP contribution in [0.5, 0.6) is 0 Å². The molecule has 0 aliphatic carbocycles. The van der Waals surface area contributed by atoms with E-state index in [0.717, 1.165) is 6.08 Å². The van der Waals surface area contributed by atoms with E-state index in [9.17, 15) is 9.90 Å². The second-order valence-corrected chi connectivity index (χ2v) is 1.37. The van der Waals surface area contributed by atoms with Gasteiger partial charge in [-0.15, -0.1) is 5.76 Å². The molecule has 0 saturated carbocycles. The zero-order valence-corrected chi connectivity index (χ0v) is 9.07. The second kappa shape index (κ2) is 11.5.